The van der Waals surface area contributed by atoms with Crippen LogP contribution in [0.4, 0.5) is 0 Å². The molecule has 4 nitrogen and oxygen atoms in total. The van der Waals surface area contributed by atoms with E-state index in [1.807, 2.05) is 0 Å². The number of ether oxygens (including phenoxy) is 2. The van der Waals surface area contributed by atoms with Crippen LogP contribution in [0.1, 0.15) is 68.2 Å². The largest absolute Gasteiger partial charge is 0.462 e. The average molecular weight is 466 g/mol. The minimum Gasteiger partial charge on any atom is -0.462 e. The van der Waals surface area contributed by atoms with Crippen LogP contribution in [0.3, 0.4) is 0 Å². The molecule has 136 valence electrons. The SMILES string of the molecule is CCCC(C)C.CCOC(=O)c1cc(Br)c(C(=O)OCC)cc1Br. The summed E-state index contributed by atoms with van der Waals surface area (Å²) >= 11 is 6.48. The third-order valence-corrected chi connectivity index (χ3v) is 4.23. The van der Waals surface area contributed by atoms with Crippen molar-refractivity contribution in [1.82, 2.24) is 0 Å². The molecule has 24 heavy (non-hydrogen) atoms. The number of halogens is 2. The molecule has 0 saturated carbocycles. The van der Waals surface area contributed by atoms with E-state index in [0.717, 1.165) is 5.92 Å². The van der Waals surface area contributed by atoms with E-state index in [4.69, 9.17) is 9.47 Å². The molecule has 0 spiro atoms. The van der Waals surface area contributed by atoms with Gasteiger partial charge in [-0.05, 0) is 63.8 Å². The molecular weight excluding hydrogens is 440 g/mol. The van der Waals surface area contributed by atoms with Gasteiger partial charge in [0.25, 0.3) is 0 Å². The molecule has 1 rings (SSSR count). The van der Waals surface area contributed by atoms with E-state index in [2.05, 4.69) is 52.6 Å². The maximum Gasteiger partial charge on any atom is 0.339 e. The normalized spacial score (nSPS) is 10.0. The van der Waals surface area contributed by atoms with E-state index < -0.39 is 11.9 Å². The van der Waals surface area contributed by atoms with Crippen LogP contribution in [0.25, 0.3) is 0 Å². The molecule has 6 heteroatoms. The summed E-state index contributed by atoms with van der Waals surface area (Å²) in [4.78, 5) is 23.3. The molecule has 0 fully saturated rings. The Kier molecular flexibility index (Phi) is 12.0. The molecule has 0 heterocycles. The molecule has 0 saturated heterocycles. The zero-order chi connectivity index (χ0) is 18.7. The standard InChI is InChI=1S/C12H12Br2O4.C6H14/c1-3-17-11(15)7-5-10(14)8(6-9(7)13)12(16)18-4-2;1-4-5-6(2)3/h5-6H,3-4H2,1-2H3;6H,4-5H2,1-3H3. The van der Waals surface area contributed by atoms with Crippen LogP contribution >= 0.6 is 31.9 Å². The van der Waals surface area contributed by atoms with Crippen molar-refractivity contribution in [2.75, 3.05) is 13.2 Å². The molecule has 0 atom stereocenters. The fourth-order valence-electron chi connectivity index (χ4n) is 1.85. The second kappa shape index (κ2) is 12.5. The maximum absolute atomic E-state index is 11.6. The van der Waals surface area contributed by atoms with Crippen LogP contribution in [0.2, 0.25) is 0 Å². The first-order valence-corrected chi connectivity index (χ1v) is 9.70. The lowest BCUT2D eigenvalue weighted by molar-refractivity contribution is 0.0509. The van der Waals surface area contributed by atoms with Gasteiger partial charge in [-0.25, -0.2) is 9.59 Å². The first-order valence-electron chi connectivity index (χ1n) is 8.11. The van der Waals surface area contributed by atoms with Gasteiger partial charge >= 0.3 is 11.9 Å². The number of benzene rings is 1. The maximum atomic E-state index is 11.6. The van der Waals surface area contributed by atoms with Gasteiger partial charge in [0.05, 0.1) is 24.3 Å². The highest BCUT2D eigenvalue weighted by Gasteiger charge is 2.18. The molecule has 0 aliphatic carbocycles. The molecule has 0 radical (unpaired) electrons. The summed E-state index contributed by atoms with van der Waals surface area (Å²) in [6.07, 6.45) is 2.71. The van der Waals surface area contributed by atoms with Crippen LogP contribution in [-0.2, 0) is 9.47 Å². The van der Waals surface area contributed by atoms with Gasteiger partial charge in [0, 0.05) is 8.95 Å². The summed E-state index contributed by atoms with van der Waals surface area (Å²) in [7, 11) is 0. The van der Waals surface area contributed by atoms with E-state index in [0.29, 0.717) is 33.3 Å². The fraction of sp³-hybridized carbons (Fsp3) is 0.556. The third-order valence-electron chi connectivity index (χ3n) is 2.91. The fourth-order valence-corrected chi connectivity index (χ4v) is 2.87. The minimum atomic E-state index is -0.444. The summed E-state index contributed by atoms with van der Waals surface area (Å²) in [5.74, 6) is 0.0102. The van der Waals surface area contributed by atoms with Crippen molar-refractivity contribution < 1.29 is 19.1 Å². The molecule has 0 aliphatic rings. The van der Waals surface area contributed by atoms with Crippen molar-refractivity contribution in [3.8, 4) is 0 Å². The highest BCUT2D eigenvalue weighted by atomic mass is 79.9. The summed E-state index contributed by atoms with van der Waals surface area (Å²) < 4.78 is 10.8. The number of carbonyl (C=O) groups excluding carboxylic acids is 2. The van der Waals surface area contributed by atoms with Crippen LogP contribution in [0.5, 0.6) is 0 Å². The van der Waals surface area contributed by atoms with E-state index in [-0.39, 0.29) is 0 Å². The van der Waals surface area contributed by atoms with Crippen LogP contribution in [-0.4, -0.2) is 25.2 Å². The predicted octanol–water partition coefficient (Wildman–Crippen LogP) is 6.01. The van der Waals surface area contributed by atoms with Crippen molar-refractivity contribution in [1.29, 1.82) is 0 Å². The predicted molar refractivity (Wildman–Crippen MR) is 104 cm³/mol. The van der Waals surface area contributed by atoms with Crippen molar-refractivity contribution in [3.05, 3.63) is 32.2 Å². The van der Waals surface area contributed by atoms with E-state index in [9.17, 15) is 9.59 Å². The van der Waals surface area contributed by atoms with Gasteiger partial charge in [-0.2, -0.15) is 0 Å². The number of hydrogen-bond acceptors (Lipinski definition) is 4. The van der Waals surface area contributed by atoms with Crippen molar-refractivity contribution >= 4 is 43.8 Å². The lowest BCUT2D eigenvalue weighted by Crippen LogP contribution is -2.09. The highest BCUT2D eigenvalue weighted by Crippen LogP contribution is 2.27. The van der Waals surface area contributed by atoms with E-state index >= 15 is 0 Å². The average Bonchev–Trinajstić information content (AvgIpc) is 2.50. The monoisotopic (exact) mass is 464 g/mol. The quantitative estimate of drug-likeness (QED) is 0.483. The van der Waals surface area contributed by atoms with E-state index in [1.165, 1.54) is 25.0 Å². The Balaban J connectivity index is 0.000000754. The third kappa shape index (κ3) is 8.29. The Morgan fingerprint density at radius 1 is 0.917 bits per heavy atom. The number of esters is 2. The zero-order valence-corrected chi connectivity index (χ0v) is 18.1. The van der Waals surface area contributed by atoms with Gasteiger partial charge in [-0.3, -0.25) is 0 Å². The molecule has 0 aromatic heterocycles. The summed E-state index contributed by atoms with van der Waals surface area (Å²) in [5, 5.41) is 0. The smallest absolute Gasteiger partial charge is 0.339 e. The molecule has 0 bridgehead atoms. The molecule has 1 aromatic rings. The Bertz CT molecular complexity index is 498. The molecular formula is C18H26Br2O4. The first-order chi connectivity index (χ1) is 11.3. The van der Waals surface area contributed by atoms with Gasteiger partial charge in [-0.1, -0.05) is 33.6 Å². The molecule has 0 N–H and O–H groups in total. The highest BCUT2D eigenvalue weighted by molar-refractivity contribution is 9.11. The van der Waals surface area contributed by atoms with Crippen molar-refractivity contribution in [2.24, 2.45) is 5.92 Å². The summed E-state index contributed by atoms with van der Waals surface area (Å²) in [5.41, 5.74) is 0.716. The van der Waals surface area contributed by atoms with Gasteiger partial charge in [0.1, 0.15) is 0 Å². The molecule has 0 aliphatic heterocycles. The zero-order valence-electron chi connectivity index (χ0n) is 14.9. The van der Waals surface area contributed by atoms with Gasteiger partial charge in [0.2, 0.25) is 0 Å². The Morgan fingerprint density at radius 2 is 1.29 bits per heavy atom. The second-order valence-electron chi connectivity index (χ2n) is 5.44. The Labute approximate surface area is 161 Å². The number of carbonyl (C=O) groups is 2. The number of rotatable bonds is 6. The number of hydrogen-bond donors (Lipinski definition) is 0. The Morgan fingerprint density at radius 3 is 1.50 bits per heavy atom. The molecule has 0 unspecified atom stereocenters. The summed E-state index contributed by atoms with van der Waals surface area (Å²) in [6, 6.07) is 3.07. The molecule has 1 aromatic carbocycles. The van der Waals surface area contributed by atoms with Crippen LogP contribution in [0, 0.1) is 5.92 Å². The van der Waals surface area contributed by atoms with Crippen LogP contribution < -0.4 is 0 Å². The second-order valence-corrected chi connectivity index (χ2v) is 7.14. The van der Waals surface area contributed by atoms with Gasteiger partial charge < -0.3 is 9.47 Å². The van der Waals surface area contributed by atoms with Crippen molar-refractivity contribution in [3.63, 3.8) is 0 Å². The minimum absolute atomic E-state index is 0.294. The topological polar surface area (TPSA) is 52.6 Å². The van der Waals surface area contributed by atoms with Crippen molar-refractivity contribution in [2.45, 2.75) is 47.5 Å². The van der Waals surface area contributed by atoms with Gasteiger partial charge in [-0.15, -0.1) is 0 Å². The molecule has 0 amide bonds. The lowest BCUT2D eigenvalue weighted by atomic mass is 10.1. The first kappa shape index (κ1) is 23.1. The Hall–Kier alpha value is -0.880. The lowest BCUT2D eigenvalue weighted by Gasteiger charge is -2.09. The van der Waals surface area contributed by atoms with E-state index in [1.54, 1.807) is 13.8 Å². The van der Waals surface area contributed by atoms with Gasteiger partial charge in [0.15, 0.2) is 0 Å². The summed E-state index contributed by atoms with van der Waals surface area (Å²) in [6.45, 7) is 10.8. The van der Waals surface area contributed by atoms with Crippen LogP contribution in [0.15, 0.2) is 21.1 Å².